The van der Waals surface area contributed by atoms with Crippen molar-refractivity contribution in [3.63, 3.8) is 0 Å². The fourth-order valence-corrected chi connectivity index (χ4v) is 4.11. The monoisotopic (exact) mass is 466 g/mol. The molecule has 0 aliphatic carbocycles. The second kappa shape index (κ2) is 11.8. The Morgan fingerprint density at radius 2 is 1.74 bits per heavy atom. The highest BCUT2D eigenvalue weighted by Gasteiger charge is 2.10. The number of nitrogens with zero attached hydrogens (tertiary/aromatic N) is 1. The van der Waals surface area contributed by atoms with Crippen molar-refractivity contribution in [2.75, 3.05) is 20.8 Å². The van der Waals surface area contributed by atoms with Crippen LogP contribution in [0.25, 0.3) is 28.0 Å². The minimum Gasteiger partial charge on any atom is -0.497 e. The molecule has 0 bridgehead atoms. The van der Waals surface area contributed by atoms with E-state index in [1.807, 2.05) is 60.8 Å². The highest BCUT2D eigenvalue weighted by atomic mass is 16.5. The zero-order chi connectivity index (χ0) is 24.5. The maximum Gasteiger partial charge on any atom is 0.243 e. The van der Waals surface area contributed by atoms with Crippen LogP contribution in [-0.2, 0) is 11.2 Å². The molecule has 1 N–H and O–H groups in total. The zero-order valence-corrected chi connectivity index (χ0v) is 20.2. The lowest BCUT2D eigenvalue weighted by atomic mass is 9.93. The van der Waals surface area contributed by atoms with Gasteiger partial charge in [0.15, 0.2) is 0 Å². The summed E-state index contributed by atoms with van der Waals surface area (Å²) in [6.07, 6.45) is 10.1. The molecule has 0 spiro atoms. The molecule has 1 amide bonds. The van der Waals surface area contributed by atoms with Gasteiger partial charge in [-0.1, -0.05) is 36.4 Å². The van der Waals surface area contributed by atoms with Crippen LogP contribution >= 0.6 is 0 Å². The Labute approximate surface area is 206 Å². The quantitative estimate of drug-likeness (QED) is 0.228. The Balaban J connectivity index is 1.48. The normalized spacial score (nSPS) is 11.0. The van der Waals surface area contributed by atoms with Crippen LogP contribution in [0.1, 0.15) is 24.0 Å². The first-order chi connectivity index (χ1) is 17.2. The van der Waals surface area contributed by atoms with E-state index in [0.29, 0.717) is 6.54 Å². The van der Waals surface area contributed by atoms with E-state index in [1.165, 1.54) is 5.56 Å². The van der Waals surface area contributed by atoms with Crippen molar-refractivity contribution in [2.45, 2.75) is 19.3 Å². The molecular formula is C30H30N2O3. The lowest BCUT2D eigenvalue weighted by Gasteiger charge is -2.13. The predicted octanol–water partition coefficient (Wildman–Crippen LogP) is 6.07. The Morgan fingerprint density at radius 1 is 0.943 bits per heavy atom. The number of hydrogen-bond donors (Lipinski definition) is 1. The van der Waals surface area contributed by atoms with E-state index in [2.05, 4.69) is 28.5 Å². The fraction of sp³-hybridized carbons (Fsp3) is 0.200. The fourth-order valence-electron chi connectivity index (χ4n) is 4.11. The van der Waals surface area contributed by atoms with Crippen LogP contribution < -0.4 is 14.8 Å². The van der Waals surface area contributed by atoms with E-state index < -0.39 is 0 Å². The zero-order valence-electron chi connectivity index (χ0n) is 20.2. The van der Waals surface area contributed by atoms with Crippen LogP contribution in [0.2, 0.25) is 0 Å². The first kappa shape index (κ1) is 24.0. The Morgan fingerprint density at radius 3 is 2.49 bits per heavy atom. The van der Waals surface area contributed by atoms with Crippen molar-refractivity contribution in [3.8, 4) is 22.6 Å². The molecular weight excluding hydrogens is 436 g/mol. The second-order valence-corrected chi connectivity index (χ2v) is 8.29. The maximum atomic E-state index is 12.5. The third-order valence-electron chi connectivity index (χ3n) is 5.97. The van der Waals surface area contributed by atoms with E-state index >= 15 is 0 Å². The molecule has 0 aliphatic heterocycles. The molecule has 0 unspecified atom stereocenters. The van der Waals surface area contributed by atoms with Gasteiger partial charge >= 0.3 is 0 Å². The smallest absolute Gasteiger partial charge is 0.243 e. The summed E-state index contributed by atoms with van der Waals surface area (Å²) in [5, 5.41) is 5.16. The van der Waals surface area contributed by atoms with Gasteiger partial charge in [0.1, 0.15) is 11.5 Å². The van der Waals surface area contributed by atoms with Gasteiger partial charge in [-0.15, -0.1) is 0 Å². The number of carbonyl (C=O) groups is 1. The Bertz CT molecular complexity index is 1300. The minimum absolute atomic E-state index is 0.0955. The van der Waals surface area contributed by atoms with Crippen LogP contribution in [0.5, 0.6) is 11.5 Å². The van der Waals surface area contributed by atoms with Crippen LogP contribution in [0.15, 0.2) is 85.2 Å². The summed E-state index contributed by atoms with van der Waals surface area (Å²) in [6.45, 7) is 0.645. The van der Waals surface area contributed by atoms with Crippen molar-refractivity contribution in [3.05, 3.63) is 96.3 Å². The molecule has 35 heavy (non-hydrogen) atoms. The second-order valence-electron chi connectivity index (χ2n) is 8.29. The van der Waals surface area contributed by atoms with Crippen LogP contribution in [0.3, 0.4) is 0 Å². The van der Waals surface area contributed by atoms with E-state index in [4.69, 9.17) is 9.47 Å². The topological polar surface area (TPSA) is 60.5 Å². The molecule has 0 saturated carbocycles. The molecule has 0 fully saturated rings. The van der Waals surface area contributed by atoms with Crippen molar-refractivity contribution < 1.29 is 14.3 Å². The number of methoxy groups -OCH3 is 2. The van der Waals surface area contributed by atoms with Crippen LogP contribution in [0, 0.1) is 0 Å². The molecule has 3 aromatic carbocycles. The highest BCUT2D eigenvalue weighted by molar-refractivity contribution is 6.02. The van der Waals surface area contributed by atoms with Gasteiger partial charge in [0.2, 0.25) is 5.91 Å². The van der Waals surface area contributed by atoms with Crippen LogP contribution in [0.4, 0.5) is 0 Å². The molecule has 0 radical (unpaired) electrons. The summed E-state index contributed by atoms with van der Waals surface area (Å²) in [7, 11) is 3.32. The summed E-state index contributed by atoms with van der Waals surface area (Å²) in [5.74, 6) is 1.52. The number of amides is 1. The van der Waals surface area contributed by atoms with E-state index in [1.54, 1.807) is 26.5 Å². The number of ether oxygens (including phenoxy) is 2. The van der Waals surface area contributed by atoms with Gasteiger partial charge in [-0.25, -0.2) is 0 Å². The number of nitrogens with one attached hydrogen (secondary N) is 1. The Kier molecular flexibility index (Phi) is 8.12. The predicted molar refractivity (Wildman–Crippen MR) is 142 cm³/mol. The van der Waals surface area contributed by atoms with Crippen LogP contribution in [-0.4, -0.2) is 31.7 Å². The summed E-state index contributed by atoms with van der Waals surface area (Å²) < 4.78 is 10.7. The molecule has 5 heteroatoms. The van der Waals surface area contributed by atoms with Gasteiger partial charge in [-0.05, 0) is 88.7 Å². The molecule has 0 aliphatic rings. The SMILES string of the molecule is COc1ccc(-c2c(/C=C/C(=O)NCCCCc3cccnc3)ccc3cc(OC)ccc23)cc1. The van der Waals surface area contributed by atoms with Gasteiger partial charge < -0.3 is 14.8 Å². The van der Waals surface area contributed by atoms with Crippen molar-refractivity contribution >= 4 is 22.8 Å². The van der Waals surface area contributed by atoms with E-state index in [9.17, 15) is 4.79 Å². The van der Waals surface area contributed by atoms with Gasteiger partial charge in [-0.2, -0.15) is 0 Å². The van der Waals surface area contributed by atoms with Crippen molar-refractivity contribution in [1.29, 1.82) is 0 Å². The minimum atomic E-state index is -0.0955. The lowest BCUT2D eigenvalue weighted by Crippen LogP contribution is -2.22. The number of fused-ring (bicyclic) bond motifs is 1. The average molecular weight is 467 g/mol. The molecule has 1 aromatic heterocycles. The third-order valence-corrected chi connectivity index (χ3v) is 5.97. The molecule has 1 heterocycles. The van der Waals surface area contributed by atoms with Gasteiger partial charge in [0, 0.05) is 25.0 Å². The number of hydrogen-bond acceptors (Lipinski definition) is 4. The molecule has 5 nitrogen and oxygen atoms in total. The number of aromatic nitrogens is 1. The first-order valence-corrected chi connectivity index (χ1v) is 11.8. The molecule has 4 aromatic rings. The standard InChI is InChI=1S/C30H30N2O3/c1-34-26-13-10-24(11-14-26)30-23(8-9-25-20-27(35-2)15-16-28(25)30)12-17-29(33)32-19-4-3-6-22-7-5-18-31-21-22/h5,7-18,20-21H,3-4,6,19H2,1-2H3,(H,32,33)/b17-12+. The average Bonchev–Trinajstić information content (AvgIpc) is 2.91. The third kappa shape index (κ3) is 6.27. The number of carbonyl (C=O) groups excluding carboxylic acids is 1. The number of aryl methyl sites for hydroxylation is 1. The first-order valence-electron chi connectivity index (χ1n) is 11.8. The maximum absolute atomic E-state index is 12.5. The summed E-state index contributed by atoms with van der Waals surface area (Å²) in [5.41, 5.74) is 4.31. The lowest BCUT2D eigenvalue weighted by molar-refractivity contribution is -0.116. The van der Waals surface area contributed by atoms with Gasteiger partial charge in [0.05, 0.1) is 14.2 Å². The number of rotatable bonds is 10. The van der Waals surface area contributed by atoms with E-state index in [0.717, 1.165) is 58.2 Å². The van der Waals surface area contributed by atoms with Crippen molar-refractivity contribution in [2.24, 2.45) is 0 Å². The molecule has 0 saturated heterocycles. The Hall–Kier alpha value is -4.12. The molecule has 0 atom stereocenters. The summed E-state index contributed by atoms with van der Waals surface area (Å²) >= 11 is 0. The number of benzene rings is 3. The largest absolute Gasteiger partial charge is 0.497 e. The summed E-state index contributed by atoms with van der Waals surface area (Å²) in [4.78, 5) is 16.6. The molecule has 4 rings (SSSR count). The van der Waals surface area contributed by atoms with Gasteiger partial charge in [0.25, 0.3) is 0 Å². The highest BCUT2D eigenvalue weighted by Crippen LogP contribution is 2.35. The summed E-state index contributed by atoms with van der Waals surface area (Å²) in [6, 6.07) is 22.1. The number of pyridine rings is 1. The van der Waals surface area contributed by atoms with Crippen molar-refractivity contribution in [1.82, 2.24) is 10.3 Å². The number of unbranched alkanes of at least 4 members (excludes halogenated alkanes) is 1. The van der Waals surface area contributed by atoms with Gasteiger partial charge in [-0.3, -0.25) is 9.78 Å². The molecule has 178 valence electrons. The van der Waals surface area contributed by atoms with E-state index in [-0.39, 0.29) is 5.91 Å².